The van der Waals surface area contributed by atoms with E-state index in [1.807, 2.05) is 7.05 Å². The molecule has 0 saturated carbocycles. The van der Waals surface area contributed by atoms with Gasteiger partial charge >= 0.3 is 0 Å². The summed E-state index contributed by atoms with van der Waals surface area (Å²) < 4.78 is 0. The van der Waals surface area contributed by atoms with Crippen molar-refractivity contribution in [3.63, 3.8) is 0 Å². The summed E-state index contributed by atoms with van der Waals surface area (Å²) in [5, 5.41) is 3.20. The molecule has 0 aromatic heterocycles. The standard InChI is InChI=1S/C19H31N/c1-5-18-15-17(12-13-19(18)16(2)3)11-9-7-6-8-10-14-20-4/h12-13,15,20H,2,5-11,14H2,1,3-4H3. The van der Waals surface area contributed by atoms with Crippen LogP contribution in [0.5, 0.6) is 0 Å². The summed E-state index contributed by atoms with van der Waals surface area (Å²) in [6, 6.07) is 6.92. The van der Waals surface area contributed by atoms with E-state index >= 15 is 0 Å². The van der Waals surface area contributed by atoms with Crippen molar-refractivity contribution in [2.75, 3.05) is 13.6 Å². The van der Waals surface area contributed by atoms with Gasteiger partial charge in [0.25, 0.3) is 0 Å². The normalized spacial score (nSPS) is 10.8. The van der Waals surface area contributed by atoms with Crippen LogP contribution in [-0.2, 0) is 12.8 Å². The molecule has 0 aliphatic rings. The van der Waals surface area contributed by atoms with Crippen LogP contribution in [0.4, 0.5) is 0 Å². The molecule has 0 heterocycles. The Morgan fingerprint density at radius 2 is 1.80 bits per heavy atom. The molecule has 112 valence electrons. The Balaban J connectivity index is 2.35. The van der Waals surface area contributed by atoms with Crippen molar-refractivity contribution < 1.29 is 0 Å². The summed E-state index contributed by atoms with van der Waals surface area (Å²) in [5.41, 5.74) is 5.45. The molecule has 1 heteroatoms. The van der Waals surface area contributed by atoms with Crippen LogP contribution in [0.1, 0.15) is 62.6 Å². The van der Waals surface area contributed by atoms with Crippen LogP contribution in [0, 0.1) is 0 Å². The van der Waals surface area contributed by atoms with Gasteiger partial charge in [0, 0.05) is 0 Å². The van der Waals surface area contributed by atoms with Gasteiger partial charge in [-0.15, -0.1) is 0 Å². The lowest BCUT2D eigenvalue weighted by Gasteiger charge is -2.10. The van der Waals surface area contributed by atoms with E-state index in [1.54, 1.807) is 0 Å². The van der Waals surface area contributed by atoms with Crippen molar-refractivity contribution in [2.45, 2.75) is 58.8 Å². The van der Waals surface area contributed by atoms with E-state index in [0.717, 1.165) is 13.0 Å². The molecule has 0 aliphatic heterocycles. The Labute approximate surface area is 125 Å². The molecule has 0 atom stereocenters. The van der Waals surface area contributed by atoms with Gasteiger partial charge in [-0.3, -0.25) is 0 Å². The zero-order valence-electron chi connectivity index (χ0n) is 13.6. The lowest BCUT2D eigenvalue weighted by atomic mass is 9.95. The van der Waals surface area contributed by atoms with E-state index in [1.165, 1.54) is 60.8 Å². The van der Waals surface area contributed by atoms with Gasteiger partial charge in [0.1, 0.15) is 0 Å². The lowest BCUT2D eigenvalue weighted by molar-refractivity contribution is 0.597. The van der Waals surface area contributed by atoms with Crippen molar-refractivity contribution in [3.8, 4) is 0 Å². The second kappa shape index (κ2) is 9.77. The van der Waals surface area contributed by atoms with Gasteiger partial charge in [0.05, 0.1) is 0 Å². The molecule has 1 aromatic carbocycles. The molecule has 0 saturated heterocycles. The minimum atomic E-state index is 1.10. The SMILES string of the molecule is C=C(C)c1ccc(CCCCCCCNC)cc1CC. The Morgan fingerprint density at radius 1 is 1.10 bits per heavy atom. The van der Waals surface area contributed by atoms with Crippen molar-refractivity contribution in [1.29, 1.82) is 0 Å². The topological polar surface area (TPSA) is 12.0 Å². The summed E-state index contributed by atoms with van der Waals surface area (Å²) in [6.45, 7) is 9.55. The fourth-order valence-electron chi connectivity index (χ4n) is 2.67. The van der Waals surface area contributed by atoms with Crippen molar-refractivity contribution >= 4 is 5.57 Å². The minimum Gasteiger partial charge on any atom is -0.320 e. The van der Waals surface area contributed by atoms with E-state index in [4.69, 9.17) is 0 Å². The molecule has 0 aliphatic carbocycles. The number of benzene rings is 1. The van der Waals surface area contributed by atoms with Crippen LogP contribution in [0.25, 0.3) is 5.57 Å². The van der Waals surface area contributed by atoms with Crippen molar-refractivity contribution in [3.05, 3.63) is 41.5 Å². The first kappa shape index (κ1) is 17.0. The number of hydrogen-bond donors (Lipinski definition) is 1. The highest BCUT2D eigenvalue weighted by Crippen LogP contribution is 2.21. The number of allylic oxidation sites excluding steroid dienone is 1. The number of nitrogens with one attached hydrogen (secondary N) is 1. The third kappa shape index (κ3) is 5.92. The monoisotopic (exact) mass is 273 g/mol. The summed E-state index contributed by atoms with van der Waals surface area (Å²) in [5.74, 6) is 0. The van der Waals surface area contributed by atoms with Crippen LogP contribution in [0.15, 0.2) is 24.8 Å². The van der Waals surface area contributed by atoms with E-state index < -0.39 is 0 Å². The first-order valence-electron chi connectivity index (χ1n) is 8.11. The Morgan fingerprint density at radius 3 is 2.45 bits per heavy atom. The Hall–Kier alpha value is -1.08. The van der Waals surface area contributed by atoms with Crippen LogP contribution >= 0.6 is 0 Å². The fourth-order valence-corrected chi connectivity index (χ4v) is 2.67. The van der Waals surface area contributed by atoms with E-state index in [0.29, 0.717) is 0 Å². The maximum atomic E-state index is 4.07. The summed E-state index contributed by atoms with van der Waals surface area (Å²) in [6.07, 6.45) is 9.02. The van der Waals surface area contributed by atoms with Crippen LogP contribution in [0.3, 0.4) is 0 Å². The Bertz CT molecular complexity index is 406. The molecule has 1 nitrogen and oxygen atoms in total. The van der Waals surface area contributed by atoms with Crippen LogP contribution in [0.2, 0.25) is 0 Å². The van der Waals surface area contributed by atoms with Gasteiger partial charge in [-0.2, -0.15) is 0 Å². The molecule has 1 rings (SSSR count). The van der Waals surface area contributed by atoms with Crippen molar-refractivity contribution in [1.82, 2.24) is 5.32 Å². The molecular weight excluding hydrogens is 242 g/mol. The van der Waals surface area contributed by atoms with Gasteiger partial charge in [-0.05, 0) is 62.9 Å². The van der Waals surface area contributed by atoms with Gasteiger partial charge < -0.3 is 5.32 Å². The minimum absolute atomic E-state index is 1.10. The van der Waals surface area contributed by atoms with Gasteiger partial charge in [0.2, 0.25) is 0 Å². The molecule has 0 unspecified atom stereocenters. The molecule has 0 amide bonds. The molecular formula is C19H31N. The Kier molecular flexibility index (Phi) is 8.29. The first-order chi connectivity index (χ1) is 9.69. The summed E-state index contributed by atoms with van der Waals surface area (Å²) in [7, 11) is 2.03. The molecule has 1 aromatic rings. The zero-order valence-corrected chi connectivity index (χ0v) is 13.6. The second-order valence-corrected chi connectivity index (χ2v) is 5.75. The maximum Gasteiger partial charge on any atom is -0.00519 e. The van der Waals surface area contributed by atoms with E-state index in [-0.39, 0.29) is 0 Å². The predicted molar refractivity (Wildman–Crippen MR) is 91.2 cm³/mol. The quantitative estimate of drug-likeness (QED) is 0.592. The largest absolute Gasteiger partial charge is 0.320 e. The average molecular weight is 273 g/mol. The maximum absolute atomic E-state index is 4.07. The van der Waals surface area contributed by atoms with Crippen LogP contribution < -0.4 is 5.32 Å². The third-order valence-electron chi connectivity index (χ3n) is 3.90. The number of rotatable bonds is 10. The highest BCUT2D eigenvalue weighted by molar-refractivity contribution is 5.65. The second-order valence-electron chi connectivity index (χ2n) is 5.75. The average Bonchev–Trinajstić information content (AvgIpc) is 2.45. The molecule has 0 radical (unpaired) electrons. The van der Waals surface area contributed by atoms with Gasteiger partial charge in [-0.25, -0.2) is 0 Å². The molecule has 0 bridgehead atoms. The fraction of sp³-hybridized carbons (Fsp3) is 0.579. The smallest absolute Gasteiger partial charge is 0.00519 e. The summed E-state index contributed by atoms with van der Waals surface area (Å²) in [4.78, 5) is 0. The van der Waals surface area contributed by atoms with Crippen molar-refractivity contribution in [2.24, 2.45) is 0 Å². The molecule has 1 N–H and O–H groups in total. The highest BCUT2D eigenvalue weighted by atomic mass is 14.8. The van der Waals surface area contributed by atoms with Crippen LogP contribution in [-0.4, -0.2) is 13.6 Å². The first-order valence-corrected chi connectivity index (χ1v) is 8.11. The molecule has 0 spiro atoms. The third-order valence-corrected chi connectivity index (χ3v) is 3.90. The number of hydrogen-bond acceptors (Lipinski definition) is 1. The highest BCUT2D eigenvalue weighted by Gasteiger charge is 2.03. The molecule has 20 heavy (non-hydrogen) atoms. The number of aryl methyl sites for hydroxylation is 2. The lowest BCUT2D eigenvalue weighted by Crippen LogP contribution is -2.06. The zero-order chi connectivity index (χ0) is 14.8. The van der Waals surface area contributed by atoms with E-state index in [9.17, 15) is 0 Å². The number of unbranched alkanes of at least 4 members (excludes halogenated alkanes) is 4. The van der Waals surface area contributed by atoms with Gasteiger partial charge in [-0.1, -0.05) is 56.5 Å². The summed E-state index contributed by atoms with van der Waals surface area (Å²) >= 11 is 0. The predicted octanol–water partition coefficient (Wildman–Crippen LogP) is 4.99. The van der Waals surface area contributed by atoms with Gasteiger partial charge in [0.15, 0.2) is 0 Å². The van der Waals surface area contributed by atoms with E-state index in [2.05, 4.69) is 43.9 Å². The molecule has 0 fully saturated rings.